The van der Waals surface area contributed by atoms with Crippen molar-refractivity contribution in [2.24, 2.45) is 7.05 Å². The number of ether oxygens (including phenoxy) is 1. The largest absolute Gasteiger partial charge is 0.382 e. The third-order valence-electron chi connectivity index (χ3n) is 3.17. The van der Waals surface area contributed by atoms with Gasteiger partial charge < -0.3 is 14.6 Å². The molecule has 114 valence electrons. The number of hydrogen-bond donors (Lipinski definition) is 1. The van der Waals surface area contributed by atoms with E-state index in [4.69, 9.17) is 4.74 Å². The summed E-state index contributed by atoms with van der Waals surface area (Å²) < 4.78 is 6.64. The third kappa shape index (κ3) is 3.30. The molecular weight excluding hydrogens is 290 g/mol. The van der Waals surface area contributed by atoms with Crippen LogP contribution in [0.2, 0.25) is 0 Å². The van der Waals surface area contributed by atoms with E-state index in [0.29, 0.717) is 40.4 Å². The molecule has 2 heterocycles. The van der Waals surface area contributed by atoms with Crippen molar-refractivity contribution in [3.8, 4) is 0 Å². The van der Waals surface area contributed by atoms with Gasteiger partial charge in [-0.2, -0.15) is 0 Å². The van der Waals surface area contributed by atoms with Gasteiger partial charge in [-0.05, 0) is 25.8 Å². The van der Waals surface area contributed by atoms with Gasteiger partial charge in [0.2, 0.25) is 0 Å². The Morgan fingerprint density at radius 2 is 2.29 bits per heavy atom. The molecule has 0 saturated carbocycles. The second kappa shape index (κ2) is 6.82. The van der Waals surface area contributed by atoms with Crippen LogP contribution in [0.3, 0.4) is 0 Å². The van der Waals surface area contributed by atoms with Crippen molar-refractivity contribution < 1.29 is 9.53 Å². The van der Waals surface area contributed by atoms with Crippen LogP contribution in [0.25, 0.3) is 10.2 Å². The van der Waals surface area contributed by atoms with Crippen molar-refractivity contribution in [3.05, 3.63) is 27.1 Å². The standard InChI is InChI=1S/C14H19N3O3S/c1-4-20-7-5-6-15-12(18)11-9(2)10-13(21-11)16-8-17(3)14(10)19/h8H,4-7H2,1-3H3,(H,15,18). The van der Waals surface area contributed by atoms with E-state index >= 15 is 0 Å². The molecule has 0 unspecified atom stereocenters. The van der Waals surface area contributed by atoms with Gasteiger partial charge in [0.15, 0.2) is 0 Å². The Labute approximate surface area is 126 Å². The third-order valence-corrected chi connectivity index (χ3v) is 4.37. The van der Waals surface area contributed by atoms with E-state index < -0.39 is 0 Å². The van der Waals surface area contributed by atoms with E-state index in [0.717, 1.165) is 6.42 Å². The minimum Gasteiger partial charge on any atom is -0.382 e. The summed E-state index contributed by atoms with van der Waals surface area (Å²) >= 11 is 1.26. The SMILES string of the molecule is CCOCCCNC(=O)c1sc2ncn(C)c(=O)c2c1C. The van der Waals surface area contributed by atoms with Gasteiger partial charge in [-0.15, -0.1) is 11.3 Å². The number of hydrogen-bond acceptors (Lipinski definition) is 5. The van der Waals surface area contributed by atoms with Crippen LogP contribution in [0.1, 0.15) is 28.6 Å². The number of amides is 1. The lowest BCUT2D eigenvalue weighted by atomic mass is 10.2. The first kappa shape index (κ1) is 15.7. The fourth-order valence-corrected chi connectivity index (χ4v) is 3.08. The zero-order valence-corrected chi connectivity index (χ0v) is 13.2. The van der Waals surface area contributed by atoms with Gasteiger partial charge >= 0.3 is 0 Å². The molecule has 0 spiro atoms. The van der Waals surface area contributed by atoms with Gasteiger partial charge in [-0.3, -0.25) is 9.59 Å². The highest BCUT2D eigenvalue weighted by atomic mass is 32.1. The van der Waals surface area contributed by atoms with E-state index in [1.54, 1.807) is 14.0 Å². The van der Waals surface area contributed by atoms with Crippen LogP contribution < -0.4 is 10.9 Å². The lowest BCUT2D eigenvalue weighted by Gasteiger charge is -2.04. The topological polar surface area (TPSA) is 73.2 Å². The van der Waals surface area contributed by atoms with Crippen molar-refractivity contribution in [3.63, 3.8) is 0 Å². The molecule has 0 radical (unpaired) electrons. The summed E-state index contributed by atoms with van der Waals surface area (Å²) in [5.74, 6) is -0.158. The second-order valence-corrected chi connectivity index (χ2v) is 5.70. The van der Waals surface area contributed by atoms with E-state index in [2.05, 4.69) is 10.3 Å². The van der Waals surface area contributed by atoms with Crippen molar-refractivity contribution in [1.29, 1.82) is 0 Å². The van der Waals surface area contributed by atoms with E-state index in [9.17, 15) is 9.59 Å². The fourth-order valence-electron chi connectivity index (χ4n) is 2.03. The minimum absolute atomic E-state index is 0.121. The zero-order valence-electron chi connectivity index (χ0n) is 12.4. The highest BCUT2D eigenvalue weighted by molar-refractivity contribution is 7.20. The number of aryl methyl sites for hydroxylation is 2. The maximum atomic E-state index is 12.2. The number of rotatable bonds is 6. The summed E-state index contributed by atoms with van der Waals surface area (Å²) in [6.45, 7) is 5.59. The molecule has 0 atom stereocenters. The van der Waals surface area contributed by atoms with Gasteiger partial charge in [0.1, 0.15) is 4.83 Å². The lowest BCUT2D eigenvalue weighted by Crippen LogP contribution is -2.25. The molecule has 1 N–H and O–H groups in total. The van der Waals surface area contributed by atoms with Crippen molar-refractivity contribution in [2.45, 2.75) is 20.3 Å². The number of fused-ring (bicyclic) bond motifs is 1. The molecule has 0 aliphatic rings. The molecular formula is C14H19N3O3S. The van der Waals surface area contributed by atoms with Crippen LogP contribution in [0.15, 0.2) is 11.1 Å². The predicted molar refractivity (Wildman–Crippen MR) is 83.0 cm³/mol. The van der Waals surface area contributed by atoms with Crippen LogP contribution in [0.5, 0.6) is 0 Å². The molecule has 2 aromatic rings. The van der Waals surface area contributed by atoms with Crippen LogP contribution >= 0.6 is 11.3 Å². The van der Waals surface area contributed by atoms with Crippen molar-refractivity contribution in [2.75, 3.05) is 19.8 Å². The molecule has 0 saturated heterocycles. The van der Waals surface area contributed by atoms with Crippen molar-refractivity contribution >= 4 is 27.5 Å². The number of aromatic nitrogens is 2. The first-order chi connectivity index (χ1) is 10.1. The number of nitrogens with one attached hydrogen (secondary N) is 1. The summed E-state index contributed by atoms with van der Waals surface area (Å²) in [5, 5.41) is 3.38. The quantitative estimate of drug-likeness (QED) is 0.820. The maximum Gasteiger partial charge on any atom is 0.262 e. The van der Waals surface area contributed by atoms with Gasteiger partial charge in [0.25, 0.3) is 11.5 Å². The molecule has 1 amide bonds. The Bertz CT molecular complexity index is 705. The molecule has 21 heavy (non-hydrogen) atoms. The fraction of sp³-hybridized carbons (Fsp3) is 0.500. The number of carbonyl (C=O) groups is 1. The Balaban J connectivity index is 2.15. The normalized spacial score (nSPS) is 11.0. The Kier molecular flexibility index (Phi) is 5.08. The first-order valence-electron chi connectivity index (χ1n) is 6.87. The van der Waals surface area contributed by atoms with Crippen molar-refractivity contribution in [1.82, 2.24) is 14.9 Å². The predicted octanol–water partition coefficient (Wildman–Crippen LogP) is 1.46. The van der Waals surface area contributed by atoms with Crippen LogP contribution in [0, 0.1) is 6.92 Å². The van der Waals surface area contributed by atoms with E-state index in [-0.39, 0.29) is 11.5 Å². The van der Waals surface area contributed by atoms with Gasteiger partial charge in [0, 0.05) is 26.8 Å². The monoisotopic (exact) mass is 309 g/mol. The molecule has 2 rings (SSSR count). The average Bonchev–Trinajstić information content (AvgIpc) is 2.80. The summed E-state index contributed by atoms with van der Waals surface area (Å²) in [6.07, 6.45) is 2.24. The maximum absolute atomic E-state index is 12.2. The average molecular weight is 309 g/mol. The van der Waals surface area contributed by atoms with Crippen LogP contribution in [-0.4, -0.2) is 35.2 Å². The number of thiophene rings is 1. The minimum atomic E-state index is -0.158. The smallest absolute Gasteiger partial charge is 0.262 e. The van der Waals surface area contributed by atoms with Gasteiger partial charge in [0.05, 0.1) is 16.6 Å². The number of carbonyl (C=O) groups excluding carboxylic acids is 1. The Morgan fingerprint density at radius 3 is 3.00 bits per heavy atom. The van der Waals surface area contributed by atoms with E-state index in [1.807, 2.05) is 6.92 Å². The van der Waals surface area contributed by atoms with Gasteiger partial charge in [-0.1, -0.05) is 0 Å². The molecule has 7 heteroatoms. The molecule has 2 aromatic heterocycles. The highest BCUT2D eigenvalue weighted by Gasteiger charge is 2.18. The first-order valence-corrected chi connectivity index (χ1v) is 7.68. The molecule has 0 fully saturated rings. The van der Waals surface area contributed by atoms with E-state index in [1.165, 1.54) is 22.2 Å². The second-order valence-electron chi connectivity index (χ2n) is 4.70. The highest BCUT2D eigenvalue weighted by Crippen LogP contribution is 2.26. The van der Waals surface area contributed by atoms with Crippen LogP contribution in [-0.2, 0) is 11.8 Å². The number of nitrogens with zero attached hydrogens (tertiary/aromatic N) is 2. The summed E-state index contributed by atoms with van der Waals surface area (Å²) in [6, 6.07) is 0. The lowest BCUT2D eigenvalue weighted by molar-refractivity contribution is 0.0948. The van der Waals surface area contributed by atoms with Crippen LogP contribution in [0.4, 0.5) is 0 Å². The summed E-state index contributed by atoms with van der Waals surface area (Å²) in [4.78, 5) is 29.7. The zero-order chi connectivity index (χ0) is 15.4. The molecule has 0 aromatic carbocycles. The Morgan fingerprint density at radius 1 is 1.52 bits per heavy atom. The van der Waals surface area contributed by atoms with Gasteiger partial charge in [-0.25, -0.2) is 4.98 Å². The molecule has 0 aliphatic heterocycles. The Hall–Kier alpha value is -1.73. The molecule has 0 bridgehead atoms. The summed E-state index contributed by atoms with van der Waals surface area (Å²) in [5.41, 5.74) is 0.579. The summed E-state index contributed by atoms with van der Waals surface area (Å²) in [7, 11) is 1.65. The molecule has 6 nitrogen and oxygen atoms in total. The molecule has 0 aliphatic carbocycles.